The van der Waals surface area contributed by atoms with Crippen LogP contribution in [0, 0.1) is 0 Å². The van der Waals surface area contributed by atoms with Gasteiger partial charge < -0.3 is 10.1 Å². The number of aromatic amines is 1. The lowest BCUT2D eigenvalue weighted by Gasteiger charge is -2.12. The van der Waals surface area contributed by atoms with Gasteiger partial charge in [-0.15, -0.1) is 0 Å². The highest BCUT2D eigenvalue weighted by atomic mass is 79.9. The summed E-state index contributed by atoms with van der Waals surface area (Å²) in [4.78, 5) is 6.71. The molecule has 4 aromatic rings. The predicted molar refractivity (Wildman–Crippen MR) is 113 cm³/mol. The van der Waals surface area contributed by atoms with E-state index in [4.69, 9.17) is 0 Å². The highest BCUT2D eigenvalue weighted by Gasteiger charge is 2.26. The van der Waals surface area contributed by atoms with Gasteiger partial charge in [-0.3, -0.25) is 0 Å². The number of phenolic OH excluding ortho intramolecular Hbond substituents is 1. The van der Waals surface area contributed by atoms with Crippen LogP contribution in [0.4, 0.5) is 5.69 Å². The van der Waals surface area contributed by atoms with Crippen molar-refractivity contribution >= 4 is 49.9 Å². The summed E-state index contributed by atoms with van der Waals surface area (Å²) in [5, 5.41) is 11.9. The van der Waals surface area contributed by atoms with Gasteiger partial charge in [-0.2, -0.15) is 0 Å². The summed E-state index contributed by atoms with van der Waals surface area (Å²) in [6.45, 7) is 0. The van der Waals surface area contributed by atoms with E-state index in [-0.39, 0.29) is 5.75 Å². The Labute approximate surface area is 164 Å². The second-order valence-corrected chi connectivity index (χ2v) is 7.45. The maximum Gasteiger partial charge on any atom is 0.211 e. The molecule has 0 spiro atoms. The van der Waals surface area contributed by atoms with E-state index in [1.54, 1.807) is 6.07 Å². The van der Waals surface area contributed by atoms with Crippen molar-refractivity contribution in [2.45, 2.75) is 0 Å². The van der Waals surface area contributed by atoms with E-state index in [0.29, 0.717) is 0 Å². The van der Waals surface area contributed by atoms with Crippen LogP contribution in [0.2, 0.25) is 0 Å². The molecule has 5 rings (SSSR count). The van der Waals surface area contributed by atoms with Crippen LogP contribution in [-0.2, 0) is 0 Å². The number of rotatable bonds is 2. The Balaban J connectivity index is 1.88. The first kappa shape index (κ1) is 16.1. The van der Waals surface area contributed by atoms with Crippen molar-refractivity contribution in [1.29, 1.82) is 0 Å². The lowest BCUT2D eigenvalue weighted by molar-refractivity contribution is -0.342. The van der Waals surface area contributed by atoms with E-state index in [2.05, 4.69) is 50.2 Å². The average Bonchev–Trinajstić information content (AvgIpc) is 3.29. The van der Waals surface area contributed by atoms with Gasteiger partial charge in [0.15, 0.2) is 6.21 Å². The normalized spacial score (nSPS) is 14.6. The van der Waals surface area contributed by atoms with Crippen LogP contribution in [0.5, 0.6) is 5.75 Å². The van der Waals surface area contributed by atoms with Crippen LogP contribution in [0.3, 0.4) is 0 Å². The van der Waals surface area contributed by atoms with Crippen molar-refractivity contribution in [3.63, 3.8) is 0 Å². The predicted octanol–water partition coefficient (Wildman–Crippen LogP) is 4.39. The molecule has 0 unspecified atom stereocenters. The van der Waals surface area contributed by atoms with Crippen molar-refractivity contribution in [1.82, 2.24) is 4.98 Å². The molecular weight excluding hydrogens is 400 g/mol. The van der Waals surface area contributed by atoms with Crippen LogP contribution in [0.1, 0.15) is 16.7 Å². The quantitative estimate of drug-likeness (QED) is 0.446. The lowest BCUT2D eigenvalue weighted by atomic mass is 9.89. The summed E-state index contributed by atoms with van der Waals surface area (Å²) >= 11 is 3.44. The first-order chi connectivity index (χ1) is 13.2. The Hall–Kier alpha value is -3.11. The second kappa shape index (κ2) is 6.25. The highest BCUT2D eigenvalue weighted by Crippen LogP contribution is 2.41. The number of fused-ring (bicyclic) bond motifs is 2. The maximum atomic E-state index is 10.7. The minimum atomic E-state index is 0.245. The Morgan fingerprint density at radius 1 is 0.926 bits per heavy atom. The van der Waals surface area contributed by atoms with Gasteiger partial charge in [0, 0.05) is 44.3 Å². The molecule has 130 valence electrons. The standard InChI is InChI=1S/C23H15BrN2O/c24-14-9-10-17(22(27)11-14)23(18-12-25-20-7-3-1-5-15(18)20)19-13-26-21-8-4-2-6-16(19)21/h1-13,25,27H/p+1/b23-19-. The van der Waals surface area contributed by atoms with Crippen LogP contribution in [0.25, 0.3) is 22.0 Å². The van der Waals surface area contributed by atoms with Crippen molar-refractivity contribution in [3.05, 3.63) is 94.1 Å². The van der Waals surface area contributed by atoms with E-state index >= 15 is 0 Å². The number of benzene rings is 3. The summed E-state index contributed by atoms with van der Waals surface area (Å²) in [5.41, 5.74) is 7.19. The molecule has 0 fully saturated rings. The van der Waals surface area contributed by atoms with Gasteiger partial charge in [0.05, 0.1) is 11.1 Å². The summed E-state index contributed by atoms with van der Waals surface area (Å²) < 4.78 is 0.848. The molecule has 1 aliphatic rings. The van der Waals surface area contributed by atoms with Crippen LogP contribution >= 0.6 is 15.9 Å². The smallest absolute Gasteiger partial charge is 0.211 e. The molecule has 3 aromatic carbocycles. The highest BCUT2D eigenvalue weighted by molar-refractivity contribution is 9.10. The number of hydrogen-bond acceptors (Lipinski definition) is 1. The van der Waals surface area contributed by atoms with Crippen molar-refractivity contribution < 1.29 is 10.1 Å². The fraction of sp³-hybridized carbons (Fsp3) is 0. The third-order valence-corrected chi connectivity index (χ3v) is 5.44. The fourth-order valence-electron chi connectivity index (χ4n) is 3.71. The number of allylic oxidation sites excluding steroid dienone is 1. The number of para-hydroxylation sites is 2. The zero-order valence-corrected chi connectivity index (χ0v) is 15.9. The number of halogens is 1. The number of aromatic hydroxyl groups is 1. The van der Waals surface area contributed by atoms with Gasteiger partial charge in [0.2, 0.25) is 5.69 Å². The van der Waals surface area contributed by atoms with Crippen LogP contribution < -0.4 is 4.99 Å². The monoisotopic (exact) mass is 415 g/mol. The minimum Gasteiger partial charge on any atom is -0.507 e. The van der Waals surface area contributed by atoms with E-state index in [9.17, 15) is 5.11 Å². The Morgan fingerprint density at radius 3 is 2.63 bits per heavy atom. The van der Waals surface area contributed by atoms with E-state index in [0.717, 1.165) is 48.9 Å². The molecule has 0 bridgehead atoms. The zero-order chi connectivity index (χ0) is 18.4. The number of aromatic nitrogens is 1. The van der Waals surface area contributed by atoms with Crippen molar-refractivity contribution in [2.75, 3.05) is 0 Å². The molecular formula is C23H16BrN2O+. The van der Waals surface area contributed by atoms with Gasteiger partial charge in [-0.05, 0) is 30.3 Å². The van der Waals surface area contributed by atoms with Gasteiger partial charge in [0.1, 0.15) is 5.75 Å². The molecule has 0 amide bonds. The van der Waals surface area contributed by atoms with E-state index in [1.165, 1.54) is 0 Å². The topological polar surface area (TPSA) is 50.0 Å². The average molecular weight is 416 g/mol. The first-order valence-corrected chi connectivity index (χ1v) is 9.50. The molecule has 0 radical (unpaired) electrons. The molecule has 0 saturated carbocycles. The largest absolute Gasteiger partial charge is 0.507 e. The van der Waals surface area contributed by atoms with Gasteiger partial charge in [-0.1, -0.05) is 46.3 Å². The van der Waals surface area contributed by atoms with Crippen LogP contribution in [-0.4, -0.2) is 16.3 Å². The number of phenols is 1. The van der Waals surface area contributed by atoms with E-state index in [1.807, 2.05) is 48.8 Å². The third kappa shape index (κ3) is 2.61. The molecule has 3 N–H and O–H groups in total. The van der Waals surface area contributed by atoms with Crippen molar-refractivity contribution in [3.8, 4) is 5.75 Å². The van der Waals surface area contributed by atoms with E-state index < -0.39 is 0 Å². The minimum absolute atomic E-state index is 0.245. The zero-order valence-electron chi connectivity index (χ0n) is 14.3. The maximum absolute atomic E-state index is 10.7. The third-order valence-electron chi connectivity index (χ3n) is 4.95. The lowest BCUT2D eigenvalue weighted by Crippen LogP contribution is -2.58. The Morgan fingerprint density at radius 2 is 1.74 bits per heavy atom. The molecule has 2 heterocycles. The van der Waals surface area contributed by atoms with Gasteiger partial charge >= 0.3 is 0 Å². The summed E-state index contributed by atoms with van der Waals surface area (Å²) in [5.74, 6) is 0.245. The Kier molecular flexibility index (Phi) is 3.73. The molecule has 1 aliphatic heterocycles. The SMILES string of the molecule is Oc1cc(Br)ccc1/C(=C1\C=[NH+]c2ccccc21)c1c[nH]c2ccccc12. The molecule has 3 nitrogen and oxygen atoms in total. The van der Waals surface area contributed by atoms with Gasteiger partial charge in [-0.25, -0.2) is 4.99 Å². The molecule has 0 saturated heterocycles. The summed E-state index contributed by atoms with van der Waals surface area (Å²) in [7, 11) is 0. The molecule has 0 aliphatic carbocycles. The molecule has 27 heavy (non-hydrogen) atoms. The first-order valence-electron chi connectivity index (χ1n) is 8.71. The summed E-state index contributed by atoms with van der Waals surface area (Å²) in [6, 6.07) is 22.1. The molecule has 0 atom stereocenters. The molecule has 1 aromatic heterocycles. The molecule has 4 heteroatoms. The number of nitrogens with one attached hydrogen (secondary N) is 2. The summed E-state index contributed by atoms with van der Waals surface area (Å²) in [6.07, 6.45) is 4.03. The number of hydrogen-bond donors (Lipinski definition) is 3. The Bertz CT molecular complexity index is 1250. The van der Waals surface area contributed by atoms with Crippen LogP contribution in [0.15, 0.2) is 77.4 Å². The second-order valence-electron chi connectivity index (χ2n) is 6.53. The number of H-pyrrole nitrogens is 1. The van der Waals surface area contributed by atoms with Gasteiger partial charge in [0.25, 0.3) is 0 Å². The fourth-order valence-corrected chi connectivity index (χ4v) is 4.06. The van der Waals surface area contributed by atoms with Crippen molar-refractivity contribution in [2.24, 2.45) is 0 Å².